The minimum atomic E-state index is -1.83. The molecule has 4 nitrogen and oxygen atoms in total. The van der Waals surface area contributed by atoms with Crippen molar-refractivity contribution in [2.75, 3.05) is 0 Å². The summed E-state index contributed by atoms with van der Waals surface area (Å²) in [6.45, 7) is 21.6. The lowest BCUT2D eigenvalue weighted by molar-refractivity contribution is -0.180. The van der Waals surface area contributed by atoms with E-state index in [0.29, 0.717) is 25.7 Å². The molecule has 2 aliphatic rings. The van der Waals surface area contributed by atoms with Gasteiger partial charge < -0.3 is 5.11 Å². The maximum atomic E-state index is 15.0. The zero-order chi connectivity index (χ0) is 29.9. The first-order chi connectivity index (χ1) is 18.0. The Balaban J connectivity index is 3.09. The fraction of sp³-hybridized carbons (Fsp3) is 0.629. The number of hydrogen-bond donors (Lipinski definition) is 1. The van der Waals surface area contributed by atoms with Crippen molar-refractivity contribution in [1.29, 1.82) is 0 Å². The summed E-state index contributed by atoms with van der Waals surface area (Å²) >= 11 is 0. The van der Waals surface area contributed by atoms with Gasteiger partial charge in [0.25, 0.3) is 0 Å². The number of aliphatic hydroxyl groups excluding tert-OH is 1. The second kappa shape index (κ2) is 12.4. The van der Waals surface area contributed by atoms with Gasteiger partial charge in [-0.1, -0.05) is 67.4 Å². The lowest BCUT2D eigenvalue weighted by Gasteiger charge is -2.61. The van der Waals surface area contributed by atoms with Crippen molar-refractivity contribution in [3.63, 3.8) is 0 Å². The molecule has 0 aromatic heterocycles. The summed E-state index contributed by atoms with van der Waals surface area (Å²) in [6.07, 6.45) is 11.0. The third-order valence-corrected chi connectivity index (χ3v) is 8.98. The molecular weight excluding hydrogens is 484 g/mol. The first-order valence-corrected chi connectivity index (χ1v) is 14.6. The zero-order valence-corrected chi connectivity index (χ0v) is 26.4. The van der Waals surface area contributed by atoms with Crippen LogP contribution in [0.1, 0.15) is 115 Å². The van der Waals surface area contributed by atoms with Crippen LogP contribution >= 0.6 is 0 Å². The second-order valence-corrected chi connectivity index (χ2v) is 13.5. The van der Waals surface area contributed by atoms with Crippen molar-refractivity contribution in [3.8, 4) is 0 Å². The van der Waals surface area contributed by atoms with E-state index >= 15 is 0 Å². The molecule has 0 heterocycles. The Morgan fingerprint density at radius 3 is 1.92 bits per heavy atom. The van der Waals surface area contributed by atoms with Gasteiger partial charge in [0.05, 0.1) is 5.41 Å². The standard InChI is InChI=1S/C35H52O4/c1-22(2)13-12-19-33(11)27(16-14-23(3)4)21-34(20-18-25(7)8)30(37)28(17-15-24(5)6)31(38)35(33,32(34)39)29(36)26(9)10/h13-15,18,26-27,37H,12,16-17,19-21H2,1-11H3/t27-,33+,34-,35-/m1/s1. The number of fused-ring (bicyclic) bond motifs is 2. The molecule has 1 fully saturated rings. The Kier molecular flexibility index (Phi) is 10.4. The van der Waals surface area contributed by atoms with Crippen LogP contribution < -0.4 is 0 Å². The van der Waals surface area contributed by atoms with Crippen molar-refractivity contribution in [1.82, 2.24) is 0 Å². The monoisotopic (exact) mass is 536 g/mol. The third kappa shape index (κ3) is 5.86. The molecule has 4 heteroatoms. The van der Waals surface area contributed by atoms with E-state index in [9.17, 15) is 19.5 Å². The minimum Gasteiger partial charge on any atom is -0.511 e. The Bertz CT molecular complexity index is 1140. The van der Waals surface area contributed by atoms with Gasteiger partial charge in [-0.15, -0.1) is 0 Å². The molecular formula is C35H52O4. The number of ketones is 3. The third-order valence-electron chi connectivity index (χ3n) is 8.98. The van der Waals surface area contributed by atoms with E-state index in [1.54, 1.807) is 13.8 Å². The van der Waals surface area contributed by atoms with Crippen molar-refractivity contribution < 1.29 is 19.5 Å². The molecule has 1 N–H and O–H groups in total. The average molecular weight is 537 g/mol. The molecule has 2 bridgehead atoms. The summed E-state index contributed by atoms with van der Waals surface area (Å²) in [5, 5.41) is 11.9. The predicted molar refractivity (Wildman–Crippen MR) is 161 cm³/mol. The average Bonchev–Trinajstić information content (AvgIpc) is 2.81. The van der Waals surface area contributed by atoms with E-state index in [1.807, 2.05) is 74.5 Å². The molecule has 0 saturated heterocycles. The van der Waals surface area contributed by atoms with Crippen molar-refractivity contribution in [2.45, 2.75) is 115 Å². The summed E-state index contributed by atoms with van der Waals surface area (Å²) in [7, 11) is 0. The van der Waals surface area contributed by atoms with Gasteiger partial charge in [0, 0.05) is 11.5 Å². The van der Waals surface area contributed by atoms with Gasteiger partial charge >= 0.3 is 0 Å². The lowest BCUT2D eigenvalue weighted by atomic mass is 9.38. The van der Waals surface area contributed by atoms with Gasteiger partial charge in [-0.3, -0.25) is 14.4 Å². The largest absolute Gasteiger partial charge is 0.511 e. The molecule has 216 valence electrons. The summed E-state index contributed by atoms with van der Waals surface area (Å²) in [6, 6.07) is 0. The maximum absolute atomic E-state index is 15.0. The van der Waals surface area contributed by atoms with Gasteiger partial charge in [0.15, 0.2) is 22.8 Å². The fourth-order valence-electron chi connectivity index (χ4n) is 6.71. The normalized spacial score (nSPS) is 28.3. The van der Waals surface area contributed by atoms with E-state index in [-0.39, 0.29) is 41.7 Å². The SMILES string of the molecule is CC(C)=CCC[C@@]1(C)[C@H](CC=C(C)C)C[C@@]2(CC=C(C)C)C(=O)[C@@]1(C(=O)C(C)C)C(=O)C(CC=C(C)C)=C2O. The van der Waals surface area contributed by atoms with Crippen LogP contribution in [-0.4, -0.2) is 22.5 Å². The number of Topliss-reactive ketones (excluding diaryl/α,β-unsaturated/α-hetero) is 3. The molecule has 0 amide bonds. The molecule has 0 spiro atoms. The van der Waals surface area contributed by atoms with Crippen molar-refractivity contribution >= 4 is 17.3 Å². The second-order valence-electron chi connectivity index (χ2n) is 13.5. The van der Waals surface area contributed by atoms with Crippen molar-refractivity contribution in [2.24, 2.45) is 28.1 Å². The molecule has 0 aromatic carbocycles. The van der Waals surface area contributed by atoms with E-state index in [1.165, 1.54) is 5.57 Å². The predicted octanol–water partition coefficient (Wildman–Crippen LogP) is 8.99. The topological polar surface area (TPSA) is 71.4 Å². The van der Waals surface area contributed by atoms with Crippen LogP contribution in [0.25, 0.3) is 0 Å². The Labute approximate surface area is 237 Å². The van der Waals surface area contributed by atoms with Crippen molar-refractivity contribution in [3.05, 3.63) is 57.9 Å². The number of hydrogen-bond acceptors (Lipinski definition) is 4. The van der Waals surface area contributed by atoms with Gasteiger partial charge in [0.2, 0.25) is 0 Å². The van der Waals surface area contributed by atoms with Gasteiger partial charge in [-0.05, 0) is 105 Å². The summed E-state index contributed by atoms with van der Waals surface area (Å²) in [4.78, 5) is 44.3. The quantitative estimate of drug-likeness (QED) is 0.211. The van der Waals surface area contributed by atoms with E-state index in [2.05, 4.69) is 12.2 Å². The Morgan fingerprint density at radius 2 is 1.44 bits per heavy atom. The van der Waals surface area contributed by atoms with Crippen LogP contribution in [0.2, 0.25) is 0 Å². The van der Waals surface area contributed by atoms with Crippen LogP contribution in [0.15, 0.2) is 57.9 Å². The van der Waals surface area contributed by atoms with E-state index in [0.717, 1.165) is 16.7 Å². The Hall–Kier alpha value is -2.49. The van der Waals surface area contributed by atoms with Crippen LogP contribution in [-0.2, 0) is 14.4 Å². The van der Waals surface area contributed by atoms with E-state index < -0.39 is 27.9 Å². The minimum absolute atomic E-state index is 0.117. The highest BCUT2D eigenvalue weighted by Crippen LogP contribution is 2.67. The number of carbonyl (C=O) groups excluding carboxylic acids is 3. The highest BCUT2D eigenvalue weighted by atomic mass is 16.3. The molecule has 39 heavy (non-hydrogen) atoms. The van der Waals surface area contributed by atoms with Crippen LogP contribution in [0.4, 0.5) is 0 Å². The summed E-state index contributed by atoms with van der Waals surface area (Å²) in [5.74, 6) is -1.93. The molecule has 0 aliphatic heterocycles. The molecule has 1 saturated carbocycles. The van der Waals surface area contributed by atoms with Crippen LogP contribution in [0, 0.1) is 28.1 Å². The smallest absolute Gasteiger partial charge is 0.184 e. The first kappa shape index (κ1) is 32.7. The van der Waals surface area contributed by atoms with Crippen LogP contribution in [0.3, 0.4) is 0 Å². The number of aliphatic hydroxyl groups is 1. The van der Waals surface area contributed by atoms with Gasteiger partial charge in [-0.25, -0.2) is 0 Å². The van der Waals surface area contributed by atoms with Gasteiger partial charge in [0.1, 0.15) is 5.76 Å². The molecule has 0 unspecified atom stereocenters. The Morgan fingerprint density at radius 1 is 0.897 bits per heavy atom. The molecule has 0 radical (unpaired) electrons. The van der Waals surface area contributed by atoms with Crippen LogP contribution in [0.5, 0.6) is 0 Å². The zero-order valence-electron chi connectivity index (χ0n) is 26.4. The number of carbonyl (C=O) groups is 3. The number of allylic oxidation sites excluding steroid dienone is 10. The molecule has 0 aromatic rings. The molecule has 4 atom stereocenters. The molecule has 2 aliphatic carbocycles. The molecule has 2 rings (SSSR count). The lowest BCUT2D eigenvalue weighted by Crippen LogP contribution is -2.71. The highest BCUT2D eigenvalue weighted by molar-refractivity contribution is 6.33. The summed E-state index contributed by atoms with van der Waals surface area (Å²) in [5.41, 5.74) is 0.583. The maximum Gasteiger partial charge on any atom is 0.184 e. The fourth-order valence-corrected chi connectivity index (χ4v) is 6.71. The van der Waals surface area contributed by atoms with E-state index in [4.69, 9.17) is 0 Å². The van der Waals surface area contributed by atoms with Gasteiger partial charge in [-0.2, -0.15) is 0 Å². The number of rotatable bonds is 11. The highest BCUT2D eigenvalue weighted by Gasteiger charge is 2.75. The summed E-state index contributed by atoms with van der Waals surface area (Å²) < 4.78 is 0. The first-order valence-electron chi connectivity index (χ1n) is 14.6.